The first-order valence-corrected chi connectivity index (χ1v) is 8.64. The van der Waals surface area contributed by atoms with Crippen LogP contribution in [-0.2, 0) is 4.74 Å². The minimum atomic E-state index is -0.249. The Balaban J connectivity index is 0. The molecule has 0 aromatic carbocycles. The molecule has 0 amide bonds. The molecule has 0 bridgehead atoms. The number of likely N-dealkylation sites (N-methyl/N-ethyl adjacent to an activating group) is 1. The van der Waals surface area contributed by atoms with E-state index in [4.69, 9.17) is 4.74 Å². The summed E-state index contributed by atoms with van der Waals surface area (Å²) in [5.74, 6) is 0. The van der Waals surface area contributed by atoms with Gasteiger partial charge in [0.25, 0.3) is 0 Å². The molecule has 1 N–H and O–H groups in total. The van der Waals surface area contributed by atoms with Crippen molar-refractivity contribution in [3.63, 3.8) is 0 Å². The number of unbranched alkanes of at least 4 members (excludes halogenated alkanes) is 4. The lowest BCUT2D eigenvalue weighted by molar-refractivity contribution is -0.893. The van der Waals surface area contributed by atoms with Crippen LogP contribution in [-0.4, -0.2) is 55.6 Å². The van der Waals surface area contributed by atoms with Gasteiger partial charge in [0.2, 0.25) is 0 Å². The lowest BCUT2D eigenvalue weighted by Crippen LogP contribution is -3.00. The van der Waals surface area contributed by atoms with Gasteiger partial charge in [-0.2, -0.15) is 0 Å². The van der Waals surface area contributed by atoms with Crippen LogP contribution in [0.2, 0.25) is 0 Å². The summed E-state index contributed by atoms with van der Waals surface area (Å²) in [6, 6.07) is 0. The van der Waals surface area contributed by atoms with E-state index in [2.05, 4.69) is 27.6 Å². The maximum Gasteiger partial charge on any atom is 0.104 e. The molecule has 0 fully saturated rings. The Labute approximate surface area is 144 Å². The van der Waals surface area contributed by atoms with Gasteiger partial charge in [-0.25, -0.2) is 0 Å². The van der Waals surface area contributed by atoms with Gasteiger partial charge in [0.1, 0.15) is 12.6 Å². The van der Waals surface area contributed by atoms with E-state index in [9.17, 15) is 5.11 Å². The second kappa shape index (κ2) is 14.5. The van der Waals surface area contributed by atoms with Crippen molar-refractivity contribution in [2.24, 2.45) is 0 Å². The summed E-state index contributed by atoms with van der Waals surface area (Å²) in [4.78, 5) is 0. The molecule has 0 aliphatic carbocycles. The van der Waals surface area contributed by atoms with E-state index in [-0.39, 0.29) is 18.5 Å². The molecule has 0 aromatic rings. The first-order valence-electron chi connectivity index (χ1n) is 8.64. The molecule has 22 heavy (non-hydrogen) atoms. The van der Waals surface area contributed by atoms with Gasteiger partial charge in [0.05, 0.1) is 33.4 Å². The maximum atomic E-state index is 9.56. The van der Waals surface area contributed by atoms with Crippen molar-refractivity contribution in [1.29, 1.82) is 0 Å². The summed E-state index contributed by atoms with van der Waals surface area (Å²) in [5.41, 5.74) is 0. The number of halogens is 1. The van der Waals surface area contributed by atoms with Crippen molar-refractivity contribution in [2.75, 3.05) is 33.8 Å². The Bertz CT molecular complexity index is 257. The highest BCUT2D eigenvalue weighted by atomic mass is 35.5. The van der Waals surface area contributed by atoms with Crippen LogP contribution in [0.25, 0.3) is 0 Å². The van der Waals surface area contributed by atoms with E-state index >= 15 is 0 Å². The molecule has 0 saturated carbocycles. The highest BCUT2D eigenvalue weighted by Crippen LogP contribution is 2.14. The van der Waals surface area contributed by atoms with E-state index in [0.29, 0.717) is 12.7 Å². The first kappa shape index (κ1) is 24.2. The molecule has 2 atom stereocenters. The number of rotatable bonds is 14. The fraction of sp³-hybridized carbons (Fsp3) is 0.889. The highest BCUT2D eigenvalue weighted by Gasteiger charge is 2.20. The Morgan fingerprint density at radius 1 is 1.14 bits per heavy atom. The monoisotopic (exact) mass is 335 g/mol. The number of hydrogen-bond acceptors (Lipinski definition) is 2. The Morgan fingerprint density at radius 3 is 2.32 bits per heavy atom. The molecule has 0 radical (unpaired) electrons. The fourth-order valence-electron chi connectivity index (χ4n) is 2.79. The molecular formula is C18H38ClNO2. The van der Waals surface area contributed by atoms with Crippen molar-refractivity contribution < 1.29 is 26.7 Å². The van der Waals surface area contributed by atoms with E-state index in [1.165, 1.54) is 32.1 Å². The molecule has 2 unspecified atom stereocenters. The van der Waals surface area contributed by atoms with Gasteiger partial charge in [-0.05, 0) is 13.3 Å². The number of aliphatic hydroxyl groups is 1. The number of ether oxygens (including phenoxy) is 1. The minimum Gasteiger partial charge on any atom is -1.00 e. The van der Waals surface area contributed by atoms with E-state index in [1.54, 1.807) is 0 Å². The normalized spacial score (nSPS) is 14.2. The zero-order valence-corrected chi connectivity index (χ0v) is 15.9. The van der Waals surface area contributed by atoms with Crippen LogP contribution in [0.5, 0.6) is 0 Å². The van der Waals surface area contributed by atoms with E-state index in [0.717, 1.165) is 30.4 Å². The van der Waals surface area contributed by atoms with Gasteiger partial charge in [0.15, 0.2) is 0 Å². The molecule has 0 aliphatic rings. The van der Waals surface area contributed by atoms with Crippen LogP contribution in [0.15, 0.2) is 12.7 Å². The van der Waals surface area contributed by atoms with Crippen LogP contribution in [0.3, 0.4) is 0 Å². The van der Waals surface area contributed by atoms with Crippen molar-refractivity contribution in [3.05, 3.63) is 12.7 Å². The average molecular weight is 336 g/mol. The molecule has 0 rings (SSSR count). The topological polar surface area (TPSA) is 29.5 Å². The zero-order chi connectivity index (χ0) is 16.1. The van der Waals surface area contributed by atoms with Crippen molar-refractivity contribution in [1.82, 2.24) is 0 Å². The predicted octanol–water partition coefficient (Wildman–Crippen LogP) is 0.769. The predicted molar refractivity (Wildman–Crippen MR) is 91.5 cm³/mol. The molecule has 3 nitrogen and oxygen atoms in total. The smallest absolute Gasteiger partial charge is 0.104 e. The van der Waals surface area contributed by atoms with Crippen LogP contribution in [0.4, 0.5) is 0 Å². The highest BCUT2D eigenvalue weighted by molar-refractivity contribution is 4.67. The molecular weight excluding hydrogens is 298 g/mol. The van der Waals surface area contributed by atoms with Crippen molar-refractivity contribution in [2.45, 2.75) is 71.0 Å². The van der Waals surface area contributed by atoms with Gasteiger partial charge >= 0.3 is 0 Å². The third-order valence-electron chi connectivity index (χ3n) is 3.89. The van der Waals surface area contributed by atoms with Gasteiger partial charge in [-0.15, -0.1) is 6.58 Å². The standard InChI is InChI=1S/C18H38NO2.ClH/c1-6-8-9-10-11-12-18(21-15-7-2)13-14-19(4,5)16-17(3)20;/h7,17-18,20H,2,6,8-16H2,1,3-5H3;1H/q+1;/p-1. The molecule has 0 saturated heterocycles. The number of quaternary nitrogens is 1. The van der Waals surface area contributed by atoms with Crippen molar-refractivity contribution in [3.8, 4) is 0 Å². The fourth-order valence-corrected chi connectivity index (χ4v) is 2.79. The number of hydrogen-bond donors (Lipinski definition) is 1. The lowest BCUT2D eigenvalue weighted by Gasteiger charge is -2.32. The largest absolute Gasteiger partial charge is 1.00 e. The Kier molecular flexibility index (Phi) is 15.9. The summed E-state index contributed by atoms with van der Waals surface area (Å²) < 4.78 is 6.76. The Morgan fingerprint density at radius 2 is 1.77 bits per heavy atom. The summed E-state index contributed by atoms with van der Waals surface area (Å²) in [7, 11) is 4.36. The molecule has 0 heterocycles. The van der Waals surface area contributed by atoms with Crippen LogP contribution in [0.1, 0.15) is 58.8 Å². The lowest BCUT2D eigenvalue weighted by atomic mass is 10.1. The summed E-state index contributed by atoms with van der Waals surface area (Å²) in [6.45, 7) is 10.3. The quantitative estimate of drug-likeness (QED) is 0.289. The SMILES string of the molecule is C=CCOC(CCCCCCC)CC[N+](C)(C)CC(C)O.[Cl-]. The van der Waals surface area contributed by atoms with Crippen LogP contribution < -0.4 is 12.4 Å². The molecule has 0 aromatic heterocycles. The molecule has 4 heteroatoms. The van der Waals surface area contributed by atoms with Crippen LogP contribution in [0, 0.1) is 0 Å². The third kappa shape index (κ3) is 14.8. The molecule has 0 aliphatic heterocycles. The average Bonchev–Trinajstić information content (AvgIpc) is 2.39. The summed E-state index contributed by atoms with van der Waals surface area (Å²) in [6.07, 6.45) is 10.7. The molecule has 134 valence electrons. The maximum absolute atomic E-state index is 9.56. The Hall–Kier alpha value is -0.0900. The van der Waals surface area contributed by atoms with E-state index < -0.39 is 0 Å². The second-order valence-electron chi connectivity index (χ2n) is 6.93. The van der Waals surface area contributed by atoms with Crippen molar-refractivity contribution >= 4 is 0 Å². The van der Waals surface area contributed by atoms with Gasteiger partial charge in [-0.1, -0.05) is 45.1 Å². The minimum absolute atomic E-state index is 0. The third-order valence-corrected chi connectivity index (χ3v) is 3.89. The van der Waals surface area contributed by atoms with Gasteiger partial charge in [0, 0.05) is 6.42 Å². The van der Waals surface area contributed by atoms with Gasteiger partial charge in [-0.3, -0.25) is 0 Å². The first-order chi connectivity index (χ1) is 9.91. The number of nitrogens with zero attached hydrogens (tertiary/aromatic N) is 1. The van der Waals surface area contributed by atoms with Gasteiger partial charge < -0.3 is 26.7 Å². The van der Waals surface area contributed by atoms with Crippen LogP contribution >= 0.6 is 0 Å². The zero-order valence-electron chi connectivity index (χ0n) is 15.2. The summed E-state index contributed by atoms with van der Waals surface area (Å²) in [5, 5.41) is 9.56. The second-order valence-corrected chi connectivity index (χ2v) is 6.93. The van der Waals surface area contributed by atoms with E-state index in [1.807, 2.05) is 13.0 Å². The molecule has 0 spiro atoms. The number of aliphatic hydroxyl groups excluding tert-OH is 1. The summed E-state index contributed by atoms with van der Waals surface area (Å²) >= 11 is 0.